The number of aliphatic hydroxyl groups is 1. The molecule has 0 aromatic heterocycles. The summed E-state index contributed by atoms with van der Waals surface area (Å²) in [6, 6.07) is 9.16. The standard InChI is InChI=1S/C7H10N2O/c8-9-7(10)6-4-2-1-3-5-6/h1-5,7,9-10H,8H2. The Hall–Kier alpha value is -0.900. The Morgan fingerprint density at radius 3 is 2.40 bits per heavy atom. The van der Waals surface area contributed by atoms with E-state index < -0.39 is 6.23 Å². The molecule has 0 spiro atoms. The van der Waals surface area contributed by atoms with Crippen LogP contribution < -0.4 is 11.3 Å². The summed E-state index contributed by atoms with van der Waals surface area (Å²) in [6.45, 7) is 0. The van der Waals surface area contributed by atoms with Crippen LogP contribution in [-0.4, -0.2) is 5.11 Å². The van der Waals surface area contributed by atoms with Gasteiger partial charge in [-0.3, -0.25) is 5.84 Å². The van der Waals surface area contributed by atoms with Crippen LogP contribution in [0.2, 0.25) is 0 Å². The van der Waals surface area contributed by atoms with E-state index in [1.807, 2.05) is 18.2 Å². The van der Waals surface area contributed by atoms with Crippen LogP contribution in [0.4, 0.5) is 0 Å². The number of hydrogen-bond acceptors (Lipinski definition) is 3. The number of nitrogens with two attached hydrogens (primary N) is 1. The Bertz CT molecular complexity index is 188. The summed E-state index contributed by atoms with van der Waals surface area (Å²) in [6.07, 6.45) is -0.763. The normalized spacial score (nSPS) is 13.0. The zero-order valence-corrected chi connectivity index (χ0v) is 5.49. The molecule has 0 bridgehead atoms. The Morgan fingerprint density at radius 1 is 1.30 bits per heavy atom. The fourth-order valence-electron chi connectivity index (χ4n) is 0.732. The van der Waals surface area contributed by atoms with Crippen LogP contribution in [0.3, 0.4) is 0 Å². The van der Waals surface area contributed by atoms with Crippen LogP contribution in [0.25, 0.3) is 0 Å². The molecular formula is C7H10N2O. The third kappa shape index (κ3) is 1.54. The second kappa shape index (κ2) is 3.31. The van der Waals surface area contributed by atoms with Gasteiger partial charge in [-0.1, -0.05) is 30.3 Å². The Balaban J connectivity index is 2.75. The minimum atomic E-state index is -0.763. The highest BCUT2D eigenvalue weighted by Gasteiger charge is 2.00. The molecule has 0 saturated carbocycles. The van der Waals surface area contributed by atoms with Crippen molar-refractivity contribution >= 4 is 0 Å². The highest BCUT2D eigenvalue weighted by Crippen LogP contribution is 2.06. The lowest BCUT2D eigenvalue weighted by Gasteiger charge is -2.07. The molecule has 10 heavy (non-hydrogen) atoms. The van der Waals surface area contributed by atoms with Crippen molar-refractivity contribution in [3.05, 3.63) is 35.9 Å². The molecule has 1 unspecified atom stereocenters. The van der Waals surface area contributed by atoms with Gasteiger partial charge in [0.25, 0.3) is 0 Å². The van der Waals surface area contributed by atoms with E-state index in [2.05, 4.69) is 5.43 Å². The number of aliphatic hydroxyl groups excluding tert-OH is 1. The maximum Gasteiger partial charge on any atom is 0.143 e. The first-order valence-electron chi connectivity index (χ1n) is 3.03. The van der Waals surface area contributed by atoms with Gasteiger partial charge in [-0.05, 0) is 5.56 Å². The summed E-state index contributed by atoms with van der Waals surface area (Å²) in [5, 5.41) is 9.09. The summed E-state index contributed by atoms with van der Waals surface area (Å²) < 4.78 is 0. The van der Waals surface area contributed by atoms with E-state index in [9.17, 15) is 0 Å². The molecule has 0 aliphatic heterocycles. The lowest BCUT2D eigenvalue weighted by Crippen LogP contribution is -2.27. The van der Waals surface area contributed by atoms with Crippen LogP contribution in [0.15, 0.2) is 30.3 Å². The second-order valence-electron chi connectivity index (χ2n) is 1.98. The van der Waals surface area contributed by atoms with Gasteiger partial charge in [0.1, 0.15) is 6.23 Å². The number of benzene rings is 1. The van der Waals surface area contributed by atoms with Crippen molar-refractivity contribution in [2.24, 2.45) is 5.84 Å². The van der Waals surface area contributed by atoms with E-state index in [4.69, 9.17) is 10.9 Å². The van der Waals surface area contributed by atoms with E-state index in [0.29, 0.717) is 0 Å². The van der Waals surface area contributed by atoms with E-state index >= 15 is 0 Å². The van der Waals surface area contributed by atoms with Gasteiger partial charge in [-0.15, -0.1) is 0 Å². The minimum absolute atomic E-state index is 0.763. The predicted octanol–water partition coefficient (Wildman–Crippen LogP) is 0.141. The largest absolute Gasteiger partial charge is 0.373 e. The molecule has 0 radical (unpaired) electrons. The number of nitrogens with one attached hydrogen (secondary N) is 1. The Kier molecular flexibility index (Phi) is 2.39. The van der Waals surface area contributed by atoms with Crippen LogP contribution in [0.1, 0.15) is 11.8 Å². The van der Waals surface area contributed by atoms with Gasteiger partial charge in [0.2, 0.25) is 0 Å². The highest BCUT2D eigenvalue weighted by molar-refractivity contribution is 5.16. The molecule has 0 heterocycles. The molecule has 0 aliphatic rings. The lowest BCUT2D eigenvalue weighted by molar-refractivity contribution is 0.140. The number of rotatable bonds is 2. The Morgan fingerprint density at radius 2 is 1.90 bits per heavy atom. The molecular weight excluding hydrogens is 128 g/mol. The first-order chi connectivity index (χ1) is 4.84. The van der Waals surface area contributed by atoms with Gasteiger partial charge in [-0.2, -0.15) is 0 Å². The zero-order valence-electron chi connectivity index (χ0n) is 5.49. The average molecular weight is 138 g/mol. The first-order valence-corrected chi connectivity index (χ1v) is 3.03. The molecule has 54 valence electrons. The molecule has 4 N–H and O–H groups in total. The highest BCUT2D eigenvalue weighted by atomic mass is 16.3. The maximum atomic E-state index is 9.09. The topological polar surface area (TPSA) is 58.3 Å². The van der Waals surface area contributed by atoms with Crippen LogP contribution in [0, 0.1) is 0 Å². The van der Waals surface area contributed by atoms with Gasteiger partial charge < -0.3 is 5.11 Å². The minimum Gasteiger partial charge on any atom is -0.373 e. The summed E-state index contributed by atoms with van der Waals surface area (Å²) in [5.41, 5.74) is 3.01. The molecule has 0 fully saturated rings. The van der Waals surface area contributed by atoms with Crippen molar-refractivity contribution in [1.29, 1.82) is 0 Å². The fourth-order valence-corrected chi connectivity index (χ4v) is 0.732. The maximum absolute atomic E-state index is 9.09. The molecule has 0 saturated heterocycles. The molecule has 3 heteroatoms. The smallest absolute Gasteiger partial charge is 0.143 e. The monoisotopic (exact) mass is 138 g/mol. The average Bonchev–Trinajstić information content (AvgIpc) is 2.05. The SMILES string of the molecule is NNC(O)c1ccccc1. The summed E-state index contributed by atoms with van der Waals surface area (Å²) in [7, 11) is 0. The molecule has 3 nitrogen and oxygen atoms in total. The van der Waals surface area contributed by atoms with E-state index in [1.54, 1.807) is 12.1 Å². The van der Waals surface area contributed by atoms with E-state index in [-0.39, 0.29) is 0 Å². The van der Waals surface area contributed by atoms with E-state index in [1.165, 1.54) is 0 Å². The fraction of sp³-hybridized carbons (Fsp3) is 0.143. The summed E-state index contributed by atoms with van der Waals surface area (Å²) in [4.78, 5) is 0. The van der Waals surface area contributed by atoms with Crippen molar-refractivity contribution in [3.8, 4) is 0 Å². The van der Waals surface area contributed by atoms with Gasteiger partial charge in [-0.25, -0.2) is 5.43 Å². The third-order valence-electron chi connectivity index (χ3n) is 1.27. The second-order valence-corrected chi connectivity index (χ2v) is 1.98. The van der Waals surface area contributed by atoms with Gasteiger partial charge in [0.05, 0.1) is 0 Å². The Labute approximate surface area is 59.5 Å². The van der Waals surface area contributed by atoms with Gasteiger partial charge in [0.15, 0.2) is 0 Å². The molecule has 1 rings (SSSR count). The number of hydrogen-bond donors (Lipinski definition) is 3. The quantitative estimate of drug-likeness (QED) is 0.309. The first kappa shape index (κ1) is 7.21. The van der Waals surface area contributed by atoms with Crippen molar-refractivity contribution in [3.63, 3.8) is 0 Å². The van der Waals surface area contributed by atoms with Crippen molar-refractivity contribution in [2.45, 2.75) is 6.23 Å². The van der Waals surface area contributed by atoms with Crippen molar-refractivity contribution in [1.82, 2.24) is 5.43 Å². The zero-order chi connectivity index (χ0) is 7.40. The molecule has 0 aliphatic carbocycles. The van der Waals surface area contributed by atoms with Crippen LogP contribution in [-0.2, 0) is 0 Å². The third-order valence-corrected chi connectivity index (χ3v) is 1.27. The number of hydrazine groups is 1. The molecule has 0 amide bonds. The van der Waals surface area contributed by atoms with Crippen molar-refractivity contribution < 1.29 is 5.11 Å². The molecule has 1 aromatic carbocycles. The van der Waals surface area contributed by atoms with Crippen LogP contribution >= 0.6 is 0 Å². The van der Waals surface area contributed by atoms with Crippen LogP contribution in [0.5, 0.6) is 0 Å². The summed E-state index contributed by atoms with van der Waals surface area (Å²) >= 11 is 0. The molecule has 1 atom stereocenters. The van der Waals surface area contributed by atoms with Gasteiger partial charge >= 0.3 is 0 Å². The molecule has 1 aromatic rings. The predicted molar refractivity (Wildman–Crippen MR) is 38.7 cm³/mol. The van der Waals surface area contributed by atoms with Crippen molar-refractivity contribution in [2.75, 3.05) is 0 Å². The van der Waals surface area contributed by atoms with E-state index in [0.717, 1.165) is 5.56 Å². The summed E-state index contributed by atoms with van der Waals surface area (Å²) in [5.74, 6) is 5.00. The lowest BCUT2D eigenvalue weighted by atomic mass is 10.2. The van der Waals surface area contributed by atoms with Gasteiger partial charge in [0, 0.05) is 0 Å².